The normalized spacial score (nSPS) is 23.9. The summed E-state index contributed by atoms with van der Waals surface area (Å²) in [6, 6.07) is 3.25. The molecule has 3 aliphatic rings. The Bertz CT molecular complexity index is 1500. The van der Waals surface area contributed by atoms with Crippen molar-refractivity contribution in [3.8, 4) is 0 Å². The molecule has 2 saturated carbocycles. The van der Waals surface area contributed by atoms with E-state index >= 15 is 4.39 Å². The molecule has 2 aliphatic carbocycles. The zero-order valence-electron chi connectivity index (χ0n) is 20.9. The summed E-state index contributed by atoms with van der Waals surface area (Å²) in [6.45, 7) is -0.565. The van der Waals surface area contributed by atoms with E-state index in [1.54, 1.807) is 0 Å². The molecule has 1 saturated heterocycles. The Morgan fingerprint density at radius 3 is 2.55 bits per heavy atom. The number of aliphatic hydroxyl groups excluding tert-OH is 1. The largest absolute Gasteiger partial charge is 0.395 e. The van der Waals surface area contributed by atoms with Gasteiger partial charge in [-0.25, -0.2) is 35.1 Å². The van der Waals surface area contributed by atoms with Crippen molar-refractivity contribution in [2.45, 2.75) is 44.1 Å². The van der Waals surface area contributed by atoms with Crippen LogP contribution in [0.3, 0.4) is 0 Å². The van der Waals surface area contributed by atoms with Crippen LogP contribution in [0.25, 0.3) is 0 Å². The lowest BCUT2D eigenvalue weighted by Crippen LogP contribution is -2.42. The van der Waals surface area contributed by atoms with Crippen LogP contribution in [0.5, 0.6) is 0 Å². The van der Waals surface area contributed by atoms with Gasteiger partial charge in [0.05, 0.1) is 35.3 Å². The number of anilines is 3. The quantitative estimate of drug-likeness (QED) is 0.382. The molecule has 2 heterocycles. The van der Waals surface area contributed by atoms with Gasteiger partial charge in [-0.15, -0.1) is 0 Å². The van der Waals surface area contributed by atoms with E-state index in [0.29, 0.717) is 0 Å². The molecule has 3 fully saturated rings. The summed E-state index contributed by atoms with van der Waals surface area (Å²) < 4.78 is 96.6. The predicted octanol–water partition coefficient (Wildman–Crippen LogP) is 2.82. The number of rotatable bonds is 9. The highest BCUT2D eigenvalue weighted by atomic mass is 32.2. The number of hydrogen-bond acceptors (Lipinski definition) is 7. The number of hydrogen-bond donors (Lipinski definition) is 3. The van der Waals surface area contributed by atoms with Gasteiger partial charge in [0.15, 0.2) is 5.82 Å². The highest BCUT2D eigenvalue weighted by Gasteiger charge is 2.62. The van der Waals surface area contributed by atoms with Gasteiger partial charge in [-0.2, -0.15) is 5.10 Å². The van der Waals surface area contributed by atoms with Gasteiger partial charge in [-0.3, -0.25) is 14.3 Å². The van der Waals surface area contributed by atoms with Gasteiger partial charge in [0.25, 0.3) is 17.4 Å². The minimum atomic E-state index is -4.06. The third-order valence-corrected chi connectivity index (χ3v) is 9.02. The smallest absolute Gasteiger partial charge is 0.267 e. The molecule has 0 bridgehead atoms. The Balaban J connectivity index is 1.45. The van der Waals surface area contributed by atoms with Crippen LogP contribution in [0, 0.1) is 17.2 Å². The molecule has 16 heteroatoms. The third-order valence-electron chi connectivity index (χ3n) is 7.75. The Morgan fingerprint density at radius 1 is 1.20 bits per heavy atom. The molecule has 1 aromatic heterocycles. The van der Waals surface area contributed by atoms with Gasteiger partial charge >= 0.3 is 0 Å². The number of carbonyl (C=O) groups is 1. The third kappa shape index (κ3) is 5.38. The van der Waals surface area contributed by atoms with Crippen molar-refractivity contribution >= 4 is 33.1 Å². The van der Waals surface area contributed by atoms with E-state index in [4.69, 9.17) is 5.11 Å². The number of amides is 1. The fourth-order valence-electron chi connectivity index (χ4n) is 5.46. The van der Waals surface area contributed by atoms with Gasteiger partial charge in [0.1, 0.15) is 5.82 Å². The van der Waals surface area contributed by atoms with Crippen LogP contribution in [-0.2, 0) is 10.0 Å². The van der Waals surface area contributed by atoms with E-state index in [0.717, 1.165) is 22.9 Å². The number of piperidine rings is 1. The standard InChI is InChI=1S/C24H26F5N5O5S/c25-16-7-14(32-40(38,39)6-5-35)8-17(33-4-3-23(22(26)27)9-13(23)12-33)20(16)21(37)30-18-1-2-19(36)34(31-18)15-10-24(28,29)11-15/h1-2,7-8,13,15,22,32,35H,3-6,9-12H2,(H,30,31,37)/t13-,23+/m0/s1. The minimum Gasteiger partial charge on any atom is -0.395 e. The minimum absolute atomic E-state index is 0.0480. The van der Waals surface area contributed by atoms with Crippen LogP contribution >= 0.6 is 0 Å². The second-order valence-corrected chi connectivity index (χ2v) is 12.3. The van der Waals surface area contributed by atoms with E-state index in [9.17, 15) is 35.6 Å². The van der Waals surface area contributed by atoms with Gasteiger partial charge in [-0.05, 0) is 37.0 Å². The van der Waals surface area contributed by atoms with E-state index in [1.165, 1.54) is 11.0 Å². The zero-order chi connectivity index (χ0) is 29.0. The molecule has 2 atom stereocenters. The maximum Gasteiger partial charge on any atom is 0.267 e. The average Bonchev–Trinajstić information content (AvgIpc) is 3.58. The fraction of sp³-hybridized carbons (Fsp3) is 0.542. The van der Waals surface area contributed by atoms with Crippen LogP contribution in [0.2, 0.25) is 0 Å². The van der Waals surface area contributed by atoms with Crippen molar-refractivity contribution in [2.75, 3.05) is 40.4 Å². The number of carbonyl (C=O) groups excluding carboxylic acids is 1. The van der Waals surface area contributed by atoms with Gasteiger partial charge in [-0.1, -0.05) is 0 Å². The molecule has 5 rings (SSSR count). The van der Waals surface area contributed by atoms with Crippen molar-refractivity contribution in [1.82, 2.24) is 9.78 Å². The van der Waals surface area contributed by atoms with Crippen molar-refractivity contribution < 1.29 is 40.3 Å². The number of aliphatic hydroxyl groups is 1. The van der Waals surface area contributed by atoms with Crippen LogP contribution in [0.4, 0.5) is 39.1 Å². The number of nitrogens with one attached hydrogen (secondary N) is 2. The highest BCUT2D eigenvalue weighted by molar-refractivity contribution is 7.92. The van der Waals surface area contributed by atoms with E-state index in [2.05, 4.69) is 15.1 Å². The maximum atomic E-state index is 15.5. The van der Waals surface area contributed by atoms with Gasteiger partial charge in [0.2, 0.25) is 16.4 Å². The topological polar surface area (TPSA) is 134 Å². The molecule has 40 heavy (non-hydrogen) atoms. The zero-order valence-corrected chi connectivity index (χ0v) is 21.7. The molecule has 0 unspecified atom stereocenters. The first-order valence-electron chi connectivity index (χ1n) is 12.5. The lowest BCUT2D eigenvalue weighted by molar-refractivity contribution is -0.107. The number of alkyl halides is 4. The maximum absolute atomic E-state index is 15.5. The lowest BCUT2D eigenvalue weighted by Gasteiger charge is -2.35. The van der Waals surface area contributed by atoms with Crippen molar-refractivity contribution in [3.05, 3.63) is 46.0 Å². The van der Waals surface area contributed by atoms with Gasteiger partial charge < -0.3 is 15.3 Å². The SMILES string of the molecule is O=C(Nc1ccc(=O)n(C2CC(F)(F)C2)n1)c1c(F)cc(NS(=O)(=O)CCO)cc1N1CC[C@@]2(C(F)F)C[C@H]2C1. The van der Waals surface area contributed by atoms with Crippen molar-refractivity contribution in [2.24, 2.45) is 11.3 Å². The molecule has 1 aliphatic heterocycles. The summed E-state index contributed by atoms with van der Waals surface area (Å²) in [5, 5.41) is 15.3. The Morgan fingerprint density at radius 2 is 1.93 bits per heavy atom. The first kappa shape index (κ1) is 28.3. The molecule has 3 N–H and O–H groups in total. The number of fused-ring (bicyclic) bond motifs is 1. The first-order chi connectivity index (χ1) is 18.7. The van der Waals surface area contributed by atoms with Crippen LogP contribution in [-0.4, -0.2) is 67.0 Å². The van der Waals surface area contributed by atoms with Crippen molar-refractivity contribution in [3.63, 3.8) is 0 Å². The van der Waals surface area contributed by atoms with Gasteiger partial charge in [0, 0.05) is 37.4 Å². The van der Waals surface area contributed by atoms with Crippen molar-refractivity contribution in [1.29, 1.82) is 0 Å². The molecule has 2 aromatic rings. The summed E-state index contributed by atoms with van der Waals surface area (Å²) >= 11 is 0. The monoisotopic (exact) mass is 591 g/mol. The molecular weight excluding hydrogens is 565 g/mol. The Labute approximate surface area is 225 Å². The summed E-state index contributed by atoms with van der Waals surface area (Å²) in [6.07, 6.45) is -3.38. The Kier molecular flexibility index (Phi) is 7.05. The molecule has 0 radical (unpaired) electrons. The molecular formula is C24H26F5N5O5S. The number of sulfonamides is 1. The number of nitrogens with zero attached hydrogens (tertiary/aromatic N) is 3. The highest BCUT2D eigenvalue weighted by Crippen LogP contribution is 2.62. The molecule has 10 nitrogen and oxygen atoms in total. The summed E-state index contributed by atoms with van der Waals surface area (Å²) in [5.41, 5.74) is -2.61. The average molecular weight is 592 g/mol. The Hall–Kier alpha value is -3.27. The number of halogens is 5. The van der Waals surface area contributed by atoms with E-state index < -0.39 is 87.8 Å². The molecule has 1 amide bonds. The molecule has 1 aromatic carbocycles. The van der Waals surface area contributed by atoms with Crippen LogP contribution in [0.15, 0.2) is 29.1 Å². The second-order valence-electron chi connectivity index (χ2n) is 10.5. The summed E-state index contributed by atoms with van der Waals surface area (Å²) in [5.74, 6) is -6.37. The van der Waals surface area contributed by atoms with Crippen LogP contribution in [0.1, 0.15) is 42.1 Å². The van der Waals surface area contributed by atoms with Crippen LogP contribution < -0.4 is 20.5 Å². The summed E-state index contributed by atoms with van der Waals surface area (Å²) in [7, 11) is -4.06. The van der Waals surface area contributed by atoms with E-state index in [1.807, 2.05) is 0 Å². The molecule has 218 valence electrons. The first-order valence-corrected chi connectivity index (χ1v) is 14.2. The second kappa shape index (κ2) is 9.98. The fourth-order valence-corrected chi connectivity index (χ4v) is 6.28. The summed E-state index contributed by atoms with van der Waals surface area (Å²) in [4.78, 5) is 27.0. The molecule has 0 spiro atoms. The van der Waals surface area contributed by atoms with E-state index in [-0.39, 0.29) is 43.1 Å². The predicted molar refractivity (Wildman–Crippen MR) is 134 cm³/mol. The number of benzene rings is 1. The number of aromatic nitrogens is 2. The lowest BCUT2D eigenvalue weighted by atomic mass is 9.88.